The Morgan fingerprint density at radius 1 is 1.50 bits per heavy atom. The van der Waals surface area contributed by atoms with E-state index in [2.05, 4.69) is 25.9 Å². The molecule has 2 aromatic heterocycles. The zero-order valence-corrected chi connectivity index (χ0v) is 9.08. The largest absolute Gasteiger partial charge is 0.225 e. The SMILES string of the molecule is Clc1ncnc2sc(CBr)cc12. The Kier molecular flexibility index (Phi) is 2.30. The number of alkyl halides is 1. The lowest BCUT2D eigenvalue weighted by atomic mass is 10.4. The Morgan fingerprint density at radius 3 is 3.00 bits per heavy atom. The van der Waals surface area contributed by atoms with Gasteiger partial charge in [0.1, 0.15) is 16.3 Å². The van der Waals surface area contributed by atoms with Gasteiger partial charge in [-0.1, -0.05) is 27.5 Å². The van der Waals surface area contributed by atoms with E-state index in [1.807, 2.05) is 6.07 Å². The molecule has 0 amide bonds. The van der Waals surface area contributed by atoms with E-state index in [1.165, 1.54) is 11.2 Å². The summed E-state index contributed by atoms with van der Waals surface area (Å²) in [6, 6.07) is 2.01. The van der Waals surface area contributed by atoms with E-state index in [0.29, 0.717) is 5.15 Å². The average Bonchev–Trinajstić information content (AvgIpc) is 2.49. The third kappa shape index (κ3) is 1.34. The summed E-state index contributed by atoms with van der Waals surface area (Å²) in [6.07, 6.45) is 1.49. The van der Waals surface area contributed by atoms with Gasteiger partial charge in [0.2, 0.25) is 0 Å². The van der Waals surface area contributed by atoms with Gasteiger partial charge in [-0.2, -0.15) is 0 Å². The highest BCUT2D eigenvalue weighted by Gasteiger charge is 2.05. The molecule has 2 nitrogen and oxygen atoms in total. The molecule has 0 spiro atoms. The summed E-state index contributed by atoms with van der Waals surface area (Å²) in [5.74, 6) is 0. The fraction of sp³-hybridized carbons (Fsp3) is 0.143. The van der Waals surface area contributed by atoms with Crippen LogP contribution in [-0.4, -0.2) is 9.97 Å². The highest BCUT2D eigenvalue weighted by Crippen LogP contribution is 2.28. The van der Waals surface area contributed by atoms with E-state index in [1.54, 1.807) is 11.3 Å². The minimum absolute atomic E-state index is 0.531. The molecule has 0 radical (unpaired) electrons. The Labute approximate surface area is 86.7 Å². The first kappa shape index (κ1) is 8.41. The van der Waals surface area contributed by atoms with Crippen LogP contribution in [0.3, 0.4) is 0 Å². The van der Waals surface area contributed by atoms with Crippen molar-refractivity contribution in [2.24, 2.45) is 0 Å². The molecule has 12 heavy (non-hydrogen) atoms. The standard InChI is InChI=1S/C7H4BrClN2S/c8-2-4-1-5-6(9)10-3-11-7(5)12-4/h1,3H,2H2. The molecule has 0 fully saturated rings. The van der Waals surface area contributed by atoms with Crippen LogP contribution in [0.2, 0.25) is 5.15 Å². The van der Waals surface area contributed by atoms with Crippen molar-refractivity contribution in [1.29, 1.82) is 0 Å². The number of hydrogen-bond acceptors (Lipinski definition) is 3. The van der Waals surface area contributed by atoms with Crippen LogP contribution in [-0.2, 0) is 5.33 Å². The molecule has 0 aliphatic rings. The smallest absolute Gasteiger partial charge is 0.141 e. The maximum atomic E-state index is 5.87. The van der Waals surface area contributed by atoms with Gasteiger partial charge in [0.05, 0.1) is 0 Å². The van der Waals surface area contributed by atoms with Crippen molar-refractivity contribution < 1.29 is 0 Å². The van der Waals surface area contributed by atoms with Crippen LogP contribution in [0, 0.1) is 0 Å². The molecule has 2 heterocycles. The van der Waals surface area contributed by atoms with Crippen molar-refractivity contribution in [3.8, 4) is 0 Å². The lowest BCUT2D eigenvalue weighted by molar-refractivity contribution is 1.23. The third-order valence-electron chi connectivity index (χ3n) is 1.46. The van der Waals surface area contributed by atoms with Gasteiger partial charge in [-0.3, -0.25) is 0 Å². The van der Waals surface area contributed by atoms with Crippen LogP contribution in [0.1, 0.15) is 4.88 Å². The molecule has 2 aromatic rings. The molecule has 0 unspecified atom stereocenters. The normalized spacial score (nSPS) is 10.8. The van der Waals surface area contributed by atoms with Gasteiger partial charge in [0.25, 0.3) is 0 Å². The van der Waals surface area contributed by atoms with Gasteiger partial charge < -0.3 is 0 Å². The molecular formula is C7H4BrClN2S. The summed E-state index contributed by atoms with van der Waals surface area (Å²) >= 11 is 10.9. The highest BCUT2D eigenvalue weighted by atomic mass is 79.9. The fourth-order valence-electron chi connectivity index (χ4n) is 0.942. The first-order valence-corrected chi connectivity index (χ1v) is 5.57. The summed E-state index contributed by atoms with van der Waals surface area (Å²) in [6.45, 7) is 0. The second-order valence-corrected chi connectivity index (χ2v) is 4.26. The van der Waals surface area contributed by atoms with Gasteiger partial charge in [-0.15, -0.1) is 11.3 Å². The average molecular weight is 264 g/mol. The van der Waals surface area contributed by atoms with Crippen molar-refractivity contribution in [3.63, 3.8) is 0 Å². The van der Waals surface area contributed by atoms with E-state index in [-0.39, 0.29) is 0 Å². The summed E-state index contributed by atoms with van der Waals surface area (Å²) in [4.78, 5) is 10.2. The molecule has 5 heteroatoms. The monoisotopic (exact) mass is 262 g/mol. The second-order valence-electron chi connectivity index (χ2n) is 2.23. The Bertz CT molecular complexity index is 415. The Balaban J connectivity index is 2.74. The molecule has 0 aliphatic heterocycles. The first-order valence-electron chi connectivity index (χ1n) is 3.26. The Morgan fingerprint density at radius 2 is 2.33 bits per heavy atom. The van der Waals surface area contributed by atoms with Gasteiger partial charge in [0.15, 0.2) is 0 Å². The van der Waals surface area contributed by atoms with Crippen LogP contribution >= 0.6 is 38.9 Å². The van der Waals surface area contributed by atoms with E-state index < -0.39 is 0 Å². The molecule has 0 saturated carbocycles. The van der Waals surface area contributed by atoms with Crippen molar-refractivity contribution >= 4 is 49.1 Å². The van der Waals surface area contributed by atoms with E-state index in [9.17, 15) is 0 Å². The topological polar surface area (TPSA) is 25.8 Å². The number of nitrogens with zero attached hydrogens (tertiary/aromatic N) is 2. The van der Waals surface area contributed by atoms with E-state index in [4.69, 9.17) is 11.6 Å². The van der Waals surface area contributed by atoms with Gasteiger partial charge in [-0.05, 0) is 6.07 Å². The number of thiophene rings is 1. The summed E-state index contributed by atoms with van der Waals surface area (Å²) in [5, 5.41) is 2.31. The van der Waals surface area contributed by atoms with Crippen molar-refractivity contribution in [2.45, 2.75) is 5.33 Å². The van der Waals surface area contributed by atoms with Crippen LogP contribution in [0.25, 0.3) is 10.2 Å². The lowest BCUT2D eigenvalue weighted by Gasteiger charge is -1.87. The molecular weight excluding hydrogens is 260 g/mol. The molecule has 0 bridgehead atoms. The van der Waals surface area contributed by atoms with Crippen molar-refractivity contribution in [3.05, 3.63) is 22.4 Å². The molecule has 0 aliphatic carbocycles. The number of hydrogen-bond donors (Lipinski definition) is 0. The number of halogens is 2. The van der Waals surface area contributed by atoms with E-state index in [0.717, 1.165) is 15.5 Å². The third-order valence-corrected chi connectivity index (χ3v) is 3.78. The van der Waals surface area contributed by atoms with Crippen LogP contribution in [0.4, 0.5) is 0 Å². The van der Waals surface area contributed by atoms with Crippen LogP contribution in [0.5, 0.6) is 0 Å². The second kappa shape index (κ2) is 3.28. The zero-order chi connectivity index (χ0) is 8.55. The minimum Gasteiger partial charge on any atom is -0.225 e. The quantitative estimate of drug-likeness (QED) is 0.583. The lowest BCUT2D eigenvalue weighted by Crippen LogP contribution is -1.76. The van der Waals surface area contributed by atoms with Crippen LogP contribution < -0.4 is 0 Å². The van der Waals surface area contributed by atoms with Gasteiger partial charge in [-0.25, -0.2) is 9.97 Å². The van der Waals surface area contributed by atoms with Gasteiger partial charge in [0, 0.05) is 15.6 Å². The molecule has 0 N–H and O–H groups in total. The summed E-state index contributed by atoms with van der Waals surface area (Å²) < 4.78 is 0. The summed E-state index contributed by atoms with van der Waals surface area (Å²) in [7, 11) is 0. The maximum absolute atomic E-state index is 5.87. The first-order chi connectivity index (χ1) is 5.81. The molecule has 0 aromatic carbocycles. The maximum Gasteiger partial charge on any atom is 0.141 e. The predicted octanol–water partition coefficient (Wildman–Crippen LogP) is 3.24. The number of rotatable bonds is 1. The number of fused-ring (bicyclic) bond motifs is 1. The Hall–Kier alpha value is -0.190. The fourth-order valence-corrected chi connectivity index (χ4v) is 2.54. The highest BCUT2D eigenvalue weighted by molar-refractivity contribution is 9.08. The molecule has 2 rings (SSSR count). The minimum atomic E-state index is 0.531. The summed E-state index contributed by atoms with van der Waals surface area (Å²) in [5.41, 5.74) is 0. The predicted molar refractivity (Wildman–Crippen MR) is 55.1 cm³/mol. The van der Waals surface area contributed by atoms with Crippen LogP contribution in [0.15, 0.2) is 12.4 Å². The molecule has 0 saturated heterocycles. The number of aromatic nitrogens is 2. The molecule has 0 atom stereocenters. The van der Waals surface area contributed by atoms with E-state index >= 15 is 0 Å². The van der Waals surface area contributed by atoms with Gasteiger partial charge >= 0.3 is 0 Å². The molecule has 62 valence electrons. The zero-order valence-electron chi connectivity index (χ0n) is 5.92. The van der Waals surface area contributed by atoms with Crippen molar-refractivity contribution in [2.75, 3.05) is 0 Å². The van der Waals surface area contributed by atoms with Crippen molar-refractivity contribution in [1.82, 2.24) is 9.97 Å².